The quantitative estimate of drug-likeness (QED) is 0.372. The van der Waals surface area contributed by atoms with Crippen LogP contribution >= 0.6 is 24.0 Å². The van der Waals surface area contributed by atoms with Crippen molar-refractivity contribution in [3.63, 3.8) is 0 Å². The summed E-state index contributed by atoms with van der Waals surface area (Å²) in [5, 5.41) is 3.70. The molecule has 2 heterocycles. The number of aliphatic imine (C=N–C) groups is 1. The second-order valence-corrected chi connectivity index (χ2v) is 7.90. The third-order valence-electron chi connectivity index (χ3n) is 6.17. The number of nitrogens with one attached hydrogen (secondary N) is 1. The maximum Gasteiger partial charge on any atom is 0.193 e. The zero-order valence-electron chi connectivity index (χ0n) is 16.5. The van der Waals surface area contributed by atoms with E-state index in [1.165, 1.54) is 38.5 Å². The maximum absolute atomic E-state index is 5.59. The normalized spacial score (nSPS) is 27.0. The summed E-state index contributed by atoms with van der Waals surface area (Å²) in [4.78, 5) is 9.49. The third kappa shape index (κ3) is 5.69. The summed E-state index contributed by atoms with van der Waals surface area (Å²) in [5.41, 5.74) is 0.273. The molecule has 0 radical (unpaired) electrons. The van der Waals surface area contributed by atoms with Gasteiger partial charge in [0.25, 0.3) is 0 Å². The van der Waals surface area contributed by atoms with Gasteiger partial charge in [0.1, 0.15) is 0 Å². The standard InChI is InChI=1S/C19H36N4O2.HI/c1-20-18(22(2)14-17-6-11-25-15-17)21-16-19(7-4-3-5-8-19)23-9-12-24-13-10-23;/h17H,3-16H2,1-2H3,(H,20,21);1H. The van der Waals surface area contributed by atoms with Crippen LogP contribution in [0.4, 0.5) is 0 Å². The topological polar surface area (TPSA) is 49.3 Å². The van der Waals surface area contributed by atoms with Crippen LogP contribution in [0, 0.1) is 5.92 Å². The maximum atomic E-state index is 5.59. The van der Waals surface area contributed by atoms with E-state index in [2.05, 4.69) is 27.2 Å². The number of hydrogen-bond acceptors (Lipinski definition) is 4. The second kappa shape index (κ2) is 11.0. The van der Waals surface area contributed by atoms with Crippen molar-refractivity contribution in [1.29, 1.82) is 0 Å². The molecular formula is C19H37IN4O2. The van der Waals surface area contributed by atoms with Gasteiger partial charge in [-0.25, -0.2) is 0 Å². The predicted molar refractivity (Wildman–Crippen MR) is 117 cm³/mol. The number of nitrogens with zero attached hydrogens (tertiary/aromatic N) is 3. The summed E-state index contributed by atoms with van der Waals surface area (Å²) in [7, 11) is 4.04. The Morgan fingerprint density at radius 1 is 1.15 bits per heavy atom. The first-order valence-corrected chi connectivity index (χ1v) is 10.1. The van der Waals surface area contributed by atoms with Gasteiger partial charge in [-0.15, -0.1) is 24.0 Å². The molecule has 2 saturated heterocycles. The molecule has 1 atom stereocenters. The lowest BCUT2D eigenvalue weighted by Crippen LogP contribution is -2.60. The van der Waals surface area contributed by atoms with Crippen LogP contribution < -0.4 is 5.32 Å². The summed E-state index contributed by atoms with van der Waals surface area (Å²) in [6.07, 6.45) is 7.80. The highest BCUT2D eigenvalue weighted by Crippen LogP contribution is 2.33. The Labute approximate surface area is 176 Å². The van der Waals surface area contributed by atoms with Gasteiger partial charge in [0, 0.05) is 58.3 Å². The molecule has 3 rings (SSSR count). The van der Waals surface area contributed by atoms with Crippen molar-refractivity contribution >= 4 is 29.9 Å². The molecule has 1 unspecified atom stereocenters. The second-order valence-electron chi connectivity index (χ2n) is 7.90. The fourth-order valence-corrected chi connectivity index (χ4v) is 4.68. The number of halogens is 1. The van der Waals surface area contributed by atoms with Crippen LogP contribution in [0.5, 0.6) is 0 Å². The molecule has 0 amide bonds. The molecule has 1 N–H and O–H groups in total. The molecule has 0 aromatic rings. The van der Waals surface area contributed by atoms with E-state index >= 15 is 0 Å². The van der Waals surface area contributed by atoms with Crippen molar-refractivity contribution in [3.8, 4) is 0 Å². The molecule has 2 aliphatic heterocycles. The van der Waals surface area contributed by atoms with E-state index in [1.54, 1.807) is 0 Å². The molecule has 0 aromatic heterocycles. The zero-order valence-corrected chi connectivity index (χ0v) is 18.9. The molecule has 7 heteroatoms. The van der Waals surface area contributed by atoms with Crippen molar-refractivity contribution in [1.82, 2.24) is 15.1 Å². The average molecular weight is 480 g/mol. The van der Waals surface area contributed by atoms with E-state index < -0.39 is 0 Å². The highest BCUT2D eigenvalue weighted by atomic mass is 127. The van der Waals surface area contributed by atoms with Gasteiger partial charge in [-0.3, -0.25) is 9.89 Å². The van der Waals surface area contributed by atoms with Gasteiger partial charge < -0.3 is 19.7 Å². The Bertz CT molecular complexity index is 431. The lowest BCUT2D eigenvalue weighted by molar-refractivity contribution is -0.0354. The largest absolute Gasteiger partial charge is 0.381 e. The third-order valence-corrected chi connectivity index (χ3v) is 6.17. The monoisotopic (exact) mass is 480 g/mol. The van der Waals surface area contributed by atoms with Crippen molar-refractivity contribution in [3.05, 3.63) is 0 Å². The molecule has 152 valence electrons. The van der Waals surface area contributed by atoms with E-state index in [0.717, 1.165) is 58.6 Å². The van der Waals surface area contributed by atoms with Crippen LogP contribution in [-0.4, -0.2) is 88.0 Å². The van der Waals surface area contributed by atoms with Gasteiger partial charge in [-0.05, 0) is 19.3 Å². The van der Waals surface area contributed by atoms with Crippen molar-refractivity contribution in [2.24, 2.45) is 10.9 Å². The first-order chi connectivity index (χ1) is 12.2. The van der Waals surface area contributed by atoms with Crippen LogP contribution in [0.25, 0.3) is 0 Å². The van der Waals surface area contributed by atoms with Crippen molar-refractivity contribution in [2.45, 2.75) is 44.1 Å². The average Bonchev–Trinajstić information content (AvgIpc) is 3.17. The fraction of sp³-hybridized carbons (Fsp3) is 0.947. The SMILES string of the molecule is CN=C(NCC1(N2CCOCC2)CCCCC1)N(C)CC1CCOC1.I. The first kappa shape index (κ1) is 22.2. The fourth-order valence-electron chi connectivity index (χ4n) is 4.68. The summed E-state index contributed by atoms with van der Waals surface area (Å²) in [6, 6.07) is 0. The number of morpholine rings is 1. The Morgan fingerprint density at radius 2 is 1.88 bits per heavy atom. The lowest BCUT2D eigenvalue weighted by Gasteiger charge is -2.48. The summed E-state index contributed by atoms with van der Waals surface area (Å²) in [5.74, 6) is 1.65. The molecule has 0 spiro atoms. The lowest BCUT2D eigenvalue weighted by atomic mass is 9.79. The number of guanidine groups is 1. The van der Waals surface area contributed by atoms with Gasteiger partial charge in [0.05, 0.1) is 19.8 Å². The van der Waals surface area contributed by atoms with E-state index in [-0.39, 0.29) is 29.5 Å². The van der Waals surface area contributed by atoms with E-state index in [4.69, 9.17) is 9.47 Å². The summed E-state index contributed by atoms with van der Waals surface area (Å²) < 4.78 is 11.1. The van der Waals surface area contributed by atoms with Gasteiger partial charge in [-0.1, -0.05) is 19.3 Å². The zero-order chi connectivity index (χ0) is 17.5. The Morgan fingerprint density at radius 3 is 2.50 bits per heavy atom. The Kier molecular flexibility index (Phi) is 9.40. The van der Waals surface area contributed by atoms with Crippen LogP contribution in [-0.2, 0) is 9.47 Å². The highest BCUT2D eigenvalue weighted by Gasteiger charge is 2.38. The van der Waals surface area contributed by atoms with E-state index in [0.29, 0.717) is 5.92 Å². The number of hydrogen-bond donors (Lipinski definition) is 1. The molecule has 0 aromatic carbocycles. The van der Waals surface area contributed by atoms with Gasteiger partial charge in [0.2, 0.25) is 0 Å². The minimum absolute atomic E-state index is 0. The minimum Gasteiger partial charge on any atom is -0.381 e. The predicted octanol–water partition coefficient (Wildman–Crippen LogP) is 2.18. The smallest absolute Gasteiger partial charge is 0.193 e. The molecule has 26 heavy (non-hydrogen) atoms. The molecule has 0 bridgehead atoms. The summed E-state index contributed by atoms with van der Waals surface area (Å²) >= 11 is 0. The van der Waals surface area contributed by atoms with Crippen molar-refractivity contribution in [2.75, 3.05) is 66.7 Å². The van der Waals surface area contributed by atoms with Crippen LogP contribution in [0.2, 0.25) is 0 Å². The minimum atomic E-state index is 0. The number of rotatable bonds is 5. The Balaban J connectivity index is 0.00000243. The molecular weight excluding hydrogens is 443 g/mol. The van der Waals surface area contributed by atoms with Gasteiger partial charge >= 0.3 is 0 Å². The van der Waals surface area contributed by atoms with Gasteiger partial charge in [0.15, 0.2) is 5.96 Å². The molecule has 3 aliphatic rings. The first-order valence-electron chi connectivity index (χ1n) is 10.1. The number of ether oxygens (including phenoxy) is 2. The van der Waals surface area contributed by atoms with Crippen molar-refractivity contribution < 1.29 is 9.47 Å². The summed E-state index contributed by atoms with van der Waals surface area (Å²) in [6.45, 7) is 7.68. The highest BCUT2D eigenvalue weighted by molar-refractivity contribution is 14.0. The van der Waals surface area contributed by atoms with E-state index in [1.807, 2.05) is 7.05 Å². The molecule has 1 aliphatic carbocycles. The molecule has 6 nitrogen and oxygen atoms in total. The van der Waals surface area contributed by atoms with Crippen LogP contribution in [0.15, 0.2) is 4.99 Å². The molecule has 3 fully saturated rings. The van der Waals surface area contributed by atoms with Crippen LogP contribution in [0.1, 0.15) is 38.5 Å². The van der Waals surface area contributed by atoms with E-state index in [9.17, 15) is 0 Å². The Hall–Kier alpha value is -0.120. The molecule has 1 saturated carbocycles. The van der Waals surface area contributed by atoms with Gasteiger partial charge in [-0.2, -0.15) is 0 Å². The van der Waals surface area contributed by atoms with Crippen LogP contribution in [0.3, 0.4) is 0 Å².